The molecular weight excluding hydrogens is 216 g/mol. The molecule has 2 aliphatic rings. The number of likely N-dealkylation sites (tertiary alicyclic amines) is 1. The highest BCUT2D eigenvalue weighted by Gasteiger charge is 2.53. The third-order valence-electron chi connectivity index (χ3n) is 3.93. The summed E-state index contributed by atoms with van der Waals surface area (Å²) in [7, 11) is 0. The van der Waals surface area contributed by atoms with Crippen LogP contribution in [0, 0.1) is 11.3 Å². The summed E-state index contributed by atoms with van der Waals surface area (Å²) in [4.78, 5) is 13.6. The van der Waals surface area contributed by atoms with Gasteiger partial charge in [0.05, 0.1) is 0 Å². The summed E-state index contributed by atoms with van der Waals surface area (Å²) in [5.74, 6) is 0.651. The van der Waals surface area contributed by atoms with Gasteiger partial charge >= 0.3 is 6.09 Å². The molecule has 2 N–H and O–H groups in total. The van der Waals surface area contributed by atoms with E-state index in [2.05, 4.69) is 0 Å². The zero-order valence-electron chi connectivity index (χ0n) is 11.2. The smallest absolute Gasteiger partial charge is 0.410 e. The van der Waals surface area contributed by atoms with E-state index in [-0.39, 0.29) is 6.09 Å². The molecule has 2 fully saturated rings. The van der Waals surface area contributed by atoms with Crippen LogP contribution < -0.4 is 5.73 Å². The fourth-order valence-corrected chi connectivity index (χ4v) is 2.65. The quantitative estimate of drug-likeness (QED) is 0.820. The van der Waals surface area contributed by atoms with Gasteiger partial charge in [0.1, 0.15) is 5.60 Å². The first-order chi connectivity index (χ1) is 7.86. The van der Waals surface area contributed by atoms with Gasteiger partial charge in [0, 0.05) is 19.0 Å². The number of nitrogens with zero attached hydrogens (tertiary/aromatic N) is 1. The molecule has 0 radical (unpaired) electrons. The highest BCUT2D eigenvalue weighted by Crippen LogP contribution is 2.57. The molecule has 0 unspecified atom stereocenters. The van der Waals surface area contributed by atoms with E-state index in [4.69, 9.17) is 10.5 Å². The summed E-state index contributed by atoms with van der Waals surface area (Å²) in [5.41, 5.74) is 5.72. The van der Waals surface area contributed by atoms with E-state index in [1.54, 1.807) is 0 Å². The van der Waals surface area contributed by atoms with Crippen LogP contribution in [0.4, 0.5) is 4.79 Å². The summed E-state index contributed by atoms with van der Waals surface area (Å²) < 4.78 is 5.35. The van der Waals surface area contributed by atoms with E-state index < -0.39 is 5.60 Å². The van der Waals surface area contributed by atoms with Crippen LogP contribution in [0.15, 0.2) is 0 Å². The molecule has 1 aliphatic carbocycles. The number of carbonyl (C=O) groups excluding carboxylic acids is 1. The zero-order chi connectivity index (χ0) is 12.7. The Labute approximate surface area is 103 Å². The van der Waals surface area contributed by atoms with E-state index in [0.29, 0.717) is 11.3 Å². The maximum Gasteiger partial charge on any atom is 0.410 e. The SMILES string of the molecule is CC(C)(C)OC(=O)N1CC(C2(CCN)CC2)C1. The van der Waals surface area contributed by atoms with E-state index in [1.807, 2.05) is 25.7 Å². The van der Waals surface area contributed by atoms with Crippen molar-refractivity contribution in [2.45, 2.75) is 45.6 Å². The van der Waals surface area contributed by atoms with Gasteiger partial charge in [-0.25, -0.2) is 4.79 Å². The van der Waals surface area contributed by atoms with Crippen LogP contribution in [-0.2, 0) is 4.74 Å². The Morgan fingerprint density at radius 2 is 2.00 bits per heavy atom. The molecule has 1 saturated heterocycles. The molecule has 0 aromatic heterocycles. The minimum absolute atomic E-state index is 0.169. The van der Waals surface area contributed by atoms with Crippen molar-refractivity contribution in [1.82, 2.24) is 4.90 Å². The fraction of sp³-hybridized carbons (Fsp3) is 0.923. The van der Waals surface area contributed by atoms with E-state index in [1.165, 1.54) is 12.8 Å². The van der Waals surface area contributed by atoms with Gasteiger partial charge in [0.2, 0.25) is 0 Å². The van der Waals surface area contributed by atoms with Gasteiger partial charge in [-0.2, -0.15) is 0 Å². The van der Waals surface area contributed by atoms with Crippen molar-refractivity contribution < 1.29 is 9.53 Å². The number of nitrogens with two attached hydrogens (primary N) is 1. The Morgan fingerprint density at radius 1 is 1.41 bits per heavy atom. The van der Waals surface area contributed by atoms with Crippen LogP contribution >= 0.6 is 0 Å². The third kappa shape index (κ3) is 2.73. The third-order valence-corrected chi connectivity index (χ3v) is 3.93. The van der Waals surface area contributed by atoms with Gasteiger partial charge in [-0.15, -0.1) is 0 Å². The second kappa shape index (κ2) is 4.16. The molecular formula is C13H24N2O2. The number of amides is 1. The first kappa shape index (κ1) is 12.7. The molecule has 1 heterocycles. The summed E-state index contributed by atoms with van der Waals surface area (Å²) >= 11 is 0. The van der Waals surface area contributed by atoms with Gasteiger partial charge < -0.3 is 15.4 Å². The molecule has 0 atom stereocenters. The maximum atomic E-state index is 11.8. The van der Waals surface area contributed by atoms with Crippen molar-refractivity contribution in [2.24, 2.45) is 17.1 Å². The second-order valence-electron chi connectivity index (χ2n) is 6.48. The van der Waals surface area contributed by atoms with Crippen LogP contribution in [0.2, 0.25) is 0 Å². The Bertz CT molecular complexity index is 299. The molecule has 2 rings (SSSR count). The lowest BCUT2D eigenvalue weighted by Crippen LogP contribution is -2.54. The van der Waals surface area contributed by atoms with Crippen molar-refractivity contribution in [3.63, 3.8) is 0 Å². The van der Waals surface area contributed by atoms with E-state index in [9.17, 15) is 4.79 Å². The second-order valence-corrected chi connectivity index (χ2v) is 6.48. The van der Waals surface area contributed by atoms with Crippen LogP contribution in [0.3, 0.4) is 0 Å². The van der Waals surface area contributed by atoms with Crippen LogP contribution in [0.25, 0.3) is 0 Å². The normalized spacial score (nSPS) is 23.2. The number of carbonyl (C=O) groups is 1. The lowest BCUT2D eigenvalue weighted by molar-refractivity contribution is -0.0148. The average molecular weight is 240 g/mol. The van der Waals surface area contributed by atoms with Crippen LogP contribution in [0.1, 0.15) is 40.0 Å². The zero-order valence-corrected chi connectivity index (χ0v) is 11.2. The minimum atomic E-state index is -0.392. The lowest BCUT2D eigenvalue weighted by Gasteiger charge is -2.44. The van der Waals surface area contributed by atoms with Gasteiger partial charge in [-0.1, -0.05) is 0 Å². The van der Waals surface area contributed by atoms with Crippen molar-refractivity contribution in [2.75, 3.05) is 19.6 Å². The van der Waals surface area contributed by atoms with Crippen LogP contribution in [-0.4, -0.2) is 36.2 Å². The van der Waals surface area contributed by atoms with Crippen molar-refractivity contribution >= 4 is 6.09 Å². The molecule has 1 saturated carbocycles. The Balaban J connectivity index is 1.77. The molecule has 0 bridgehead atoms. The summed E-state index contributed by atoms with van der Waals surface area (Å²) in [5, 5.41) is 0. The number of hydrogen-bond donors (Lipinski definition) is 1. The molecule has 0 aromatic carbocycles. The average Bonchev–Trinajstić information content (AvgIpc) is 2.79. The van der Waals surface area contributed by atoms with Crippen molar-refractivity contribution in [3.05, 3.63) is 0 Å². The Morgan fingerprint density at radius 3 is 2.41 bits per heavy atom. The molecule has 4 nitrogen and oxygen atoms in total. The fourth-order valence-electron chi connectivity index (χ4n) is 2.65. The van der Waals surface area contributed by atoms with Gasteiger partial charge in [-0.3, -0.25) is 0 Å². The van der Waals surface area contributed by atoms with E-state index >= 15 is 0 Å². The number of ether oxygens (including phenoxy) is 1. The first-order valence-electron chi connectivity index (χ1n) is 6.54. The number of rotatable bonds is 3. The van der Waals surface area contributed by atoms with Gasteiger partial charge in [0.15, 0.2) is 0 Å². The maximum absolute atomic E-state index is 11.8. The Hall–Kier alpha value is -0.770. The highest BCUT2D eigenvalue weighted by molar-refractivity contribution is 5.69. The predicted octanol–water partition coefficient (Wildman–Crippen LogP) is 1.98. The summed E-state index contributed by atoms with van der Waals surface area (Å²) in [6.07, 6.45) is 3.52. The number of hydrogen-bond acceptors (Lipinski definition) is 3. The largest absolute Gasteiger partial charge is 0.444 e. The van der Waals surface area contributed by atoms with E-state index in [0.717, 1.165) is 26.1 Å². The standard InChI is InChI=1S/C13H24N2O2/c1-12(2,3)17-11(16)15-8-10(9-15)13(4-5-13)6-7-14/h10H,4-9,14H2,1-3H3. The molecule has 4 heteroatoms. The lowest BCUT2D eigenvalue weighted by atomic mass is 9.81. The topological polar surface area (TPSA) is 55.6 Å². The highest BCUT2D eigenvalue weighted by atomic mass is 16.6. The summed E-state index contributed by atoms with van der Waals surface area (Å²) in [6, 6.07) is 0. The first-order valence-corrected chi connectivity index (χ1v) is 6.54. The monoisotopic (exact) mass is 240 g/mol. The minimum Gasteiger partial charge on any atom is -0.444 e. The van der Waals surface area contributed by atoms with Gasteiger partial charge in [0.25, 0.3) is 0 Å². The van der Waals surface area contributed by atoms with Crippen LogP contribution in [0.5, 0.6) is 0 Å². The molecule has 98 valence electrons. The predicted molar refractivity (Wildman–Crippen MR) is 66.6 cm³/mol. The van der Waals surface area contributed by atoms with Gasteiger partial charge in [-0.05, 0) is 52.0 Å². The van der Waals surface area contributed by atoms with Crippen molar-refractivity contribution in [1.29, 1.82) is 0 Å². The molecule has 17 heavy (non-hydrogen) atoms. The Kier molecular flexibility index (Phi) is 3.10. The molecule has 1 amide bonds. The molecule has 0 aromatic rings. The molecule has 1 aliphatic heterocycles. The van der Waals surface area contributed by atoms with Crippen molar-refractivity contribution in [3.8, 4) is 0 Å². The summed E-state index contributed by atoms with van der Waals surface area (Å²) in [6.45, 7) is 8.18. The molecule has 0 spiro atoms.